The van der Waals surface area contributed by atoms with Gasteiger partial charge in [-0.2, -0.15) is 10.5 Å². The first-order valence-corrected chi connectivity index (χ1v) is 6.42. The normalized spacial score (nSPS) is 41.9. The van der Waals surface area contributed by atoms with E-state index in [2.05, 4.69) is 26.0 Å². The van der Waals surface area contributed by atoms with E-state index in [9.17, 15) is 0 Å². The fourth-order valence-electron chi connectivity index (χ4n) is 2.04. The number of hydrogen-bond acceptors (Lipinski definition) is 0. The zero-order chi connectivity index (χ0) is 8.43. The van der Waals surface area contributed by atoms with Crippen LogP contribution in [0.15, 0.2) is 0 Å². The van der Waals surface area contributed by atoms with Gasteiger partial charge in [-0.1, -0.05) is 26.1 Å². The third kappa shape index (κ3) is 2.33. The summed E-state index contributed by atoms with van der Waals surface area (Å²) in [5, 5.41) is 0.916. The monoisotopic (exact) mass is 172 g/mol. The van der Waals surface area contributed by atoms with E-state index in [0.717, 1.165) is 17.1 Å². The molecule has 66 valence electrons. The molecule has 0 aromatic rings. The Labute approximate surface area is 73.3 Å². The molecule has 0 aromatic heterocycles. The molecule has 1 aliphatic carbocycles. The molecule has 0 radical (unpaired) electrons. The first kappa shape index (κ1) is 9.31. The Bertz CT molecular complexity index is 151. The van der Waals surface area contributed by atoms with Crippen LogP contribution in [-0.4, -0.2) is 17.4 Å². The van der Waals surface area contributed by atoms with E-state index in [1.54, 1.807) is 0 Å². The van der Waals surface area contributed by atoms with Crippen LogP contribution in [0, 0.1) is 11.8 Å². The quantitative estimate of drug-likeness (QED) is 0.533. The van der Waals surface area contributed by atoms with Crippen LogP contribution in [-0.2, 0) is 0 Å². The second-order valence-corrected chi connectivity index (χ2v) is 6.11. The van der Waals surface area contributed by atoms with Gasteiger partial charge in [0.2, 0.25) is 0 Å². The molecule has 0 aliphatic heterocycles. The Morgan fingerprint density at radius 1 is 1.27 bits per heavy atom. The van der Waals surface area contributed by atoms with Crippen LogP contribution < -0.4 is 0 Å². The predicted octanol–water partition coefficient (Wildman–Crippen LogP) is 3.14. The molecular formula is C10H20S. The van der Waals surface area contributed by atoms with Crippen molar-refractivity contribution in [2.45, 2.75) is 38.4 Å². The van der Waals surface area contributed by atoms with Crippen molar-refractivity contribution in [1.82, 2.24) is 0 Å². The number of hydrogen-bond donors (Lipinski definition) is 0. The van der Waals surface area contributed by atoms with Gasteiger partial charge in [0.25, 0.3) is 0 Å². The lowest BCUT2D eigenvalue weighted by molar-refractivity contribution is 0.318. The fourth-order valence-corrected chi connectivity index (χ4v) is 3.63. The smallest absolute Gasteiger partial charge is 0.00175 e. The molecule has 1 rings (SSSR count). The molecule has 1 fully saturated rings. The summed E-state index contributed by atoms with van der Waals surface area (Å²) in [5.74, 6) is 6.05. The second kappa shape index (κ2) is 3.75. The summed E-state index contributed by atoms with van der Waals surface area (Å²) < 4.78 is 0. The molecule has 0 N–H and O–H groups in total. The number of rotatable bonds is 1. The van der Waals surface area contributed by atoms with Gasteiger partial charge in [-0.15, -0.1) is 0 Å². The molecule has 0 heterocycles. The van der Waals surface area contributed by atoms with E-state index in [4.69, 9.17) is 0 Å². The Balaban J connectivity index is 2.54. The van der Waals surface area contributed by atoms with Gasteiger partial charge in [0.1, 0.15) is 0 Å². The van der Waals surface area contributed by atoms with E-state index in [1.807, 2.05) is 0 Å². The highest BCUT2D eigenvalue weighted by Gasteiger charge is 2.25. The molecule has 4 atom stereocenters. The highest BCUT2D eigenvalue weighted by Crippen LogP contribution is 2.37. The highest BCUT2D eigenvalue weighted by atomic mass is 32.2. The van der Waals surface area contributed by atoms with Crippen molar-refractivity contribution >= 4 is 16.4 Å². The molecule has 1 heteroatoms. The van der Waals surface area contributed by atoms with Crippen molar-refractivity contribution in [1.29, 1.82) is 0 Å². The zero-order valence-electron chi connectivity index (χ0n) is 7.97. The summed E-state index contributed by atoms with van der Waals surface area (Å²) >= 11 is 0. The predicted molar refractivity (Wildman–Crippen MR) is 56.6 cm³/mol. The van der Waals surface area contributed by atoms with E-state index < -0.39 is 0 Å². The van der Waals surface area contributed by atoms with Crippen molar-refractivity contribution in [3.05, 3.63) is 0 Å². The van der Waals surface area contributed by atoms with Crippen LogP contribution in [0.25, 0.3) is 0 Å². The first-order valence-electron chi connectivity index (χ1n) is 4.55. The molecular weight excluding hydrogens is 152 g/mol. The molecule has 0 saturated heterocycles. The average Bonchev–Trinajstić information content (AvgIpc) is 1.94. The lowest BCUT2D eigenvalue weighted by atomic mass is 9.84. The maximum atomic E-state index is 4.17. The summed E-state index contributed by atoms with van der Waals surface area (Å²) in [6, 6.07) is 0. The largest absolute Gasteiger partial charge is 0.193 e. The van der Waals surface area contributed by atoms with Crippen molar-refractivity contribution in [3.63, 3.8) is 0 Å². The van der Waals surface area contributed by atoms with Crippen molar-refractivity contribution in [2.24, 2.45) is 11.8 Å². The van der Waals surface area contributed by atoms with Crippen LogP contribution >= 0.6 is 10.5 Å². The van der Waals surface area contributed by atoms with Crippen molar-refractivity contribution in [3.8, 4) is 0 Å². The SMILES string of the molecule is C=S(C)C1CC(C)CCC1C. The molecule has 0 bridgehead atoms. The fraction of sp³-hybridized carbons (Fsp3) is 0.900. The van der Waals surface area contributed by atoms with Crippen LogP contribution in [0.5, 0.6) is 0 Å². The van der Waals surface area contributed by atoms with Crippen LogP contribution in [0.1, 0.15) is 33.1 Å². The van der Waals surface area contributed by atoms with E-state index in [-0.39, 0.29) is 0 Å². The highest BCUT2D eigenvalue weighted by molar-refractivity contribution is 8.14. The summed E-state index contributed by atoms with van der Waals surface area (Å²) in [6.07, 6.45) is 6.58. The molecule has 4 unspecified atom stereocenters. The minimum atomic E-state index is 0.397. The lowest BCUT2D eigenvalue weighted by Crippen LogP contribution is -2.24. The van der Waals surface area contributed by atoms with Gasteiger partial charge in [0.05, 0.1) is 0 Å². The van der Waals surface area contributed by atoms with Gasteiger partial charge < -0.3 is 0 Å². The maximum Gasteiger partial charge on any atom is 0.00175 e. The van der Waals surface area contributed by atoms with Crippen LogP contribution in [0.2, 0.25) is 0 Å². The van der Waals surface area contributed by atoms with Crippen molar-refractivity contribution in [2.75, 3.05) is 6.26 Å². The second-order valence-electron chi connectivity index (χ2n) is 4.13. The third-order valence-corrected chi connectivity index (χ3v) is 4.59. The van der Waals surface area contributed by atoms with Gasteiger partial charge in [-0.25, -0.2) is 0 Å². The van der Waals surface area contributed by atoms with Gasteiger partial charge in [-0.3, -0.25) is 0 Å². The van der Waals surface area contributed by atoms with Crippen LogP contribution in [0.3, 0.4) is 0 Å². The maximum absolute atomic E-state index is 4.17. The molecule has 11 heavy (non-hydrogen) atoms. The van der Waals surface area contributed by atoms with Crippen molar-refractivity contribution < 1.29 is 0 Å². The molecule has 0 nitrogen and oxygen atoms in total. The Hall–Kier alpha value is 0.220. The standard InChI is InChI=1S/C10H20S/c1-8-5-6-9(2)10(7-8)11(3)4/h8-10H,3,5-7H2,1-2,4H3. The van der Waals surface area contributed by atoms with E-state index >= 15 is 0 Å². The minimum absolute atomic E-state index is 0.397. The lowest BCUT2D eigenvalue weighted by Gasteiger charge is -2.33. The van der Waals surface area contributed by atoms with E-state index in [0.29, 0.717) is 10.5 Å². The summed E-state index contributed by atoms with van der Waals surface area (Å²) in [4.78, 5) is 0. The molecule has 0 amide bonds. The van der Waals surface area contributed by atoms with Gasteiger partial charge in [-0.05, 0) is 30.9 Å². The molecule has 1 aliphatic rings. The summed E-state index contributed by atoms with van der Waals surface area (Å²) in [5.41, 5.74) is 0. The Morgan fingerprint density at radius 3 is 2.36 bits per heavy atom. The Morgan fingerprint density at radius 2 is 1.91 bits per heavy atom. The molecule has 0 aromatic carbocycles. The molecule has 1 saturated carbocycles. The minimum Gasteiger partial charge on any atom is -0.193 e. The van der Waals surface area contributed by atoms with Gasteiger partial charge in [0.15, 0.2) is 0 Å². The van der Waals surface area contributed by atoms with Crippen LogP contribution in [0.4, 0.5) is 0 Å². The first-order chi connectivity index (χ1) is 5.11. The van der Waals surface area contributed by atoms with Gasteiger partial charge >= 0.3 is 0 Å². The van der Waals surface area contributed by atoms with E-state index in [1.165, 1.54) is 19.3 Å². The van der Waals surface area contributed by atoms with Gasteiger partial charge in [0, 0.05) is 5.25 Å². The zero-order valence-corrected chi connectivity index (χ0v) is 8.79. The topological polar surface area (TPSA) is 0 Å². The Kier molecular flexibility index (Phi) is 3.17. The summed E-state index contributed by atoms with van der Waals surface area (Å²) in [7, 11) is 0.397. The molecule has 0 spiro atoms. The average molecular weight is 172 g/mol. The third-order valence-electron chi connectivity index (χ3n) is 2.90. The summed E-state index contributed by atoms with van der Waals surface area (Å²) in [6.45, 7) is 4.77.